The molecule has 0 aliphatic rings. The summed E-state index contributed by atoms with van der Waals surface area (Å²) in [6.07, 6.45) is 3.10. The molecule has 0 radical (unpaired) electrons. The van der Waals surface area contributed by atoms with Gasteiger partial charge in [-0.15, -0.1) is 0 Å². The third-order valence-corrected chi connectivity index (χ3v) is 3.17. The fourth-order valence-corrected chi connectivity index (χ4v) is 1.90. The van der Waals surface area contributed by atoms with Gasteiger partial charge in [0.15, 0.2) is 12.4 Å². The minimum Gasteiger partial charge on any atom is -0.482 e. The van der Waals surface area contributed by atoms with Crippen LogP contribution < -0.4 is 4.74 Å². The second-order valence-electron chi connectivity index (χ2n) is 4.82. The highest BCUT2D eigenvalue weighted by Gasteiger charge is 2.04. The number of allylic oxidation sites excluding steroid dienone is 1. The highest BCUT2D eigenvalue weighted by molar-refractivity contribution is 6.06. The van der Waals surface area contributed by atoms with Gasteiger partial charge < -0.3 is 9.47 Å². The van der Waals surface area contributed by atoms with Gasteiger partial charge in [-0.3, -0.25) is 4.79 Å². The van der Waals surface area contributed by atoms with Gasteiger partial charge in [-0.25, -0.2) is 4.79 Å². The van der Waals surface area contributed by atoms with Crippen LogP contribution >= 0.6 is 0 Å². The Balaban J connectivity index is 2.00. The molecule has 2 aromatic rings. The minimum atomic E-state index is -0.474. The molecule has 24 heavy (non-hydrogen) atoms. The van der Waals surface area contributed by atoms with Gasteiger partial charge in [0.1, 0.15) is 5.75 Å². The van der Waals surface area contributed by atoms with Crippen LogP contribution in [0.5, 0.6) is 5.75 Å². The Kier molecular flexibility index (Phi) is 5.87. The Morgan fingerprint density at radius 1 is 1.17 bits per heavy atom. The smallest absolute Gasteiger partial charge is 0.343 e. The molecule has 0 amide bonds. The van der Waals surface area contributed by atoms with E-state index in [0.29, 0.717) is 16.9 Å². The van der Waals surface area contributed by atoms with E-state index in [2.05, 4.69) is 10.8 Å². The predicted octanol–water partition coefficient (Wildman–Crippen LogP) is 3.01. The van der Waals surface area contributed by atoms with E-state index in [9.17, 15) is 9.59 Å². The van der Waals surface area contributed by atoms with Gasteiger partial charge in [-0.2, -0.15) is 5.26 Å². The first-order valence-corrected chi connectivity index (χ1v) is 7.14. The first-order chi connectivity index (χ1) is 11.6. The number of ether oxygens (including phenoxy) is 2. The van der Waals surface area contributed by atoms with Crippen LogP contribution in [0.1, 0.15) is 21.5 Å². The summed E-state index contributed by atoms with van der Waals surface area (Å²) < 4.78 is 9.69. The van der Waals surface area contributed by atoms with Gasteiger partial charge in [0, 0.05) is 5.56 Å². The Bertz CT molecular complexity index is 801. The number of methoxy groups -OCH3 is 1. The van der Waals surface area contributed by atoms with Crippen molar-refractivity contribution in [3.8, 4) is 11.8 Å². The van der Waals surface area contributed by atoms with E-state index >= 15 is 0 Å². The van der Waals surface area contributed by atoms with Crippen LogP contribution in [0.3, 0.4) is 0 Å². The van der Waals surface area contributed by atoms with E-state index in [1.165, 1.54) is 13.2 Å². The first-order valence-electron chi connectivity index (χ1n) is 7.14. The summed E-state index contributed by atoms with van der Waals surface area (Å²) >= 11 is 0. The molecular formula is C19H15NO4. The lowest BCUT2D eigenvalue weighted by atomic mass is 10.1. The van der Waals surface area contributed by atoms with E-state index < -0.39 is 5.97 Å². The summed E-state index contributed by atoms with van der Waals surface area (Å²) in [5.41, 5.74) is 1.81. The molecule has 120 valence electrons. The molecule has 0 bridgehead atoms. The maximum absolute atomic E-state index is 12.1. The molecular weight excluding hydrogens is 306 g/mol. The molecule has 0 aliphatic carbocycles. The standard InChI is InChI=1S/C19H15NO4/c1-23-19(22)13-24-17-8-6-16(7-9-17)18(21)10-5-14-3-2-4-15(11-14)12-20/h2-11H,13H2,1H3/b10-5+. The average Bonchev–Trinajstić information content (AvgIpc) is 2.64. The first kappa shape index (κ1) is 17.0. The Morgan fingerprint density at radius 3 is 2.58 bits per heavy atom. The van der Waals surface area contributed by atoms with Crippen molar-refractivity contribution >= 4 is 17.8 Å². The maximum Gasteiger partial charge on any atom is 0.343 e. The van der Waals surface area contributed by atoms with E-state index in [4.69, 9.17) is 10.00 Å². The molecule has 5 heteroatoms. The molecule has 2 rings (SSSR count). The van der Waals surface area contributed by atoms with Gasteiger partial charge in [0.25, 0.3) is 0 Å². The lowest BCUT2D eigenvalue weighted by Gasteiger charge is -2.04. The third kappa shape index (κ3) is 4.82. The molecule has 0 fully saturated rings. The second-order valence-corrected chi connectivity index (χ2v) is 4.82. The van der Waals surface area contributed by atoms with Crippen molar-refractivity contribution in [2.75, 3.05) is 13.7 Å². The molecule has 5 nitrogen and oxygen atoms in total. The quantitative estimate of drug-likeness (QED) is 0.464. The number of benzene rings is 2. The Hall–Kier alpha value is -3.39. The van der Waals surface area contributed by atoms with Gasteiger partial charge in [-0.05, 0) is 48.0 Å². The number of rotatable bonds is 6. The number of hydrogen-bond acceptors (Lipinski definition) is 5. The number of ketones is 1. The number of carbonyl (C=O) groups is 2. The molecule has 0 atom stereocenters. The van der Waals surface area contributed by atoms with Crippen molar-refractivity contribution in [1.29, 1.82) is 5.26 Å². The summed E-state index contributed by atoms with van der Waals surface area (Å²) in [6.45, 7) is -0.182. The maximum atomic E-state index is 12.1. The molecule has 0 aromatic heterocycles. The molecule has 0 spiro atoms. The van der Waals surface area contributed by atoms with Crippen LogP contribution in [-0.4, -0.2) is 25.5 Å². The van der Waals surface area contributed by atoms with Crippen LogP contribution in [0.4, 0.5) is 0 Å². The number of nitrogens with zero attached hydrogens (tertiary/aromatic N) is 1. The van der Waals surface area contributed by atoms with Crippen LogP contribution in [0.15, 0.2) is 54.6 Å². The minimum absolute atomic E-state index is 0.170. The molecule has 0 saturated heterocycles. The van der Waals surface area contributed by atoms with Gasteiger partial charge in [0.05, 0.1) is 18.7 Å². The van der Waals surface area contributed by atoms with E-state index in [1.807, 2.05) is 6.07 Å². The summed E-state index contributed by atoms with van der Waals surface area (Å²) in [4.78, 5) is 23.1. The van der Waals surface area contributed by atoms with Crippen LogP contribution in [0.2, 0.25) is 0 Å². The van der Waals surface area contributed by atoms with Crippen molar-refractivity contribution in [3.63, 3.8) is 0 Å². The van der Waals surface area contributed by atoms with Crippen molar-refractivity contribution in [2.24, 2.45) is 0 Å². The van der Waals surface area contributed by atoms with Crippen LogP contribution in [0.25, 0.3) is 6.08 Å². The monoisotopic (exact) mass is 321 g/mol. The summed E-state index contributed by atoms with van der Waals surface area (Å²) in [6, 6.07) is 15.5. The molecule has 0 heterocycles. The van der Waals surface area contributed by atoms with E-state index in [1.54, 1.807) is 48.5 Å². The highest BCUT2D eigenvalue weighted by Crippen LogP contribution is 2.14. The summed E-state index contributed by atoms with van der Waals surface area (Å²) in [5.74, 6) is -0.169. The Morgan fingerprint density at radius 2 is 1.92 bits per heavy atom. The topological polar surface area (TPSA) is 76.4 Å². The summed E-state index contributed by atoms with van der Waals surface area (Å²) in [7, 11) is 1.28. The van der Waals surface area contributed by atoms with E-state index in [-0.39, 0.29) is 12.4 Å². The lowest BCUT2D eigenvalue weighted by Crippen LogP contribution is -2.12. The largest absolute Gasteiger partial charge is 0.482 e. The Labute approximate surface area is 139 Å². The van der Waals surface area contributed by atoms with Gasteiger partial charge >= 0.3 is 5.97 Å². The van der Waals surface area contributed by atoms with Crippen LogP contribution in [0, 0.1) is 11.3 Å². The number of nitriles is 1. The highest BCUT2D eigenvalue weighted by atomic mass is 16.6. The zero-order valence-electron chi connectivity index (χ0n) is 13.1. The second kappa shape index (κ2) is 8.30. The van der Waals surface area contributed by atoms with Crippen molar-refractivity contribution in [1.82, 2.24) is 0 Å². The average molecular weight is 321 g/mol. The number of esters is 1. The van der Waals surface area contributed by atoms with Gasteiger partial charge in [0.2, 0.25) is 0 Å². The lowest BCUT2D eigenvalue weighted by molar-refractivity contribution is -0.142. The summed E-state index contributed by atoms with van der Waals surface area (Å²) in [5, 5.41) is 8.86. The van der Waals surface area contributed by atoms with E-state index in [0.717, 1.165) is 5.56 Å². The third-order valence-electron chi connectivity index (χ3n) is 3.17. The predicted molar refractivity (Wildman–Crippen MR) is 88.5 cm³/mol. The number of carbonyl (C=O) groups excluding carboxylic acids is 2. The number of hydrogen-bond donors (Lipinski definition) is 0. The van der Waals surface area contributed by atoms with Gasteiger partial charge in [-0.1, -0.05) is 18.2 Å². The zero-order chi connectivity index (χ0) is 17.4. The SMILES string of the molecule is COC(=O)COc1ccc(C(=O)/C=C/c2cccc(C#N)c2)cc1. The fourth-order valence-electron chi connectivity index (χ4n) is 1.90. The normalized spacial score (nSPS) is 10.2. The van der Waals surface area contributed by atoms with Crippen LogP contribution in [-0.2, 0) is 9.53 Å². The fraction of sp³-hybridized carbons (Fsp3) is 0.105. The molecule has 2 aromatic carbocycles. The molecule has 0 unspecified atom stereocenters. The van der Waals surface area contributed by atoms with Crippen molar-refractivity contribution in [2.45, 2.75) is 0 Å². The molecule has 0 N–H and O–H groups in total. The van der Waals surface area contributed by atoms with Crippen molar-refractivity contribution < 1.29 is 19.1 Å². The van der Waals surface area contributed by atoms with Crippen molar-refractivity contribution in [3.05, 3.63) is 71.3 Å². The molecule has 0 aliphatic heterocycles. The molecule has 0 saturated carbocycles. The zero-order valence-corrected chi connectivity index (χ0v) is 13.1.